The van der Waals surface area contributed by atoms with E-state index in [1.807, 2.05) is 6.07 Å². The number of halogens is 4. The third-order valence-electron chi connectivity index (χ3n) is 4.22. The lowest BCUT2D eigenvalue weighted by Gasteiger charge is -2.18. The van der Waals surface area contributed by atoms with E-state index in [1.54, 1.807) is 13.8 Å². The van der Waals surface area contributed by atoms with E-state index in [1.165, 1.54) is 37.4 Å². The second-order valence-corrected chi connectivity index (χ2v) is 7.75. The van der Waals surface area contributed by atoms with Crippen LogP contribution in [0.15, 0.2) is 42.2 Å². The lowest BCUT2D eigenvalue weighted by atomic mass is 10.0. The number of nitrogens with zero attached hydrogens (tertiary/aromatic N) is 2. The van der Waals surface area contributed by atoms with Crippen molar-refractivity contribution in [3.63, 3.8) is 0 Å². The van der Waals surface area contributed by atoms with Crippen LogP contribution in [0.2, 0.25) is 5.02 Å². The summed E-state index contributed by atoms with van der Waals surface area (Å²) in [7, 11) is 0. The van der Waals surface area contributed by atoms with Crippen LogP contribution in [0.5, 0.6) is 0 Å². The molecule has 0 radical (unpaired) electrons. The van der Waals surface area contributed by atoms with Crippen molar-refractivity contribution in [3.8, 4) is 6.07 Å². The van der Waals surface area contributed by atoms with Gasteiger partial charge in [0, 0.05) is 12.2 Å². The highest BCUT2D eigenvalue weighted by Crippen LogP contribution is 2.26. The molecule has 2 rings (SSSR count). The molecule has 12 heteroatoms. The quantitative estimate of drug-likeness (QED) is 0.332. The Balaban J connectivity index is 2.53. The minimum absolute atomic E-state index is 0.0134. The van der Waals surface area contributed by atoms with Crippen molar-refractivity contribution < 1.29 is 22.8 Å². The molecule has 34 heavy (non-hydrogen) atoms. The number of hydrogen-bond acceptors (Lipinski definition) is 6. The molecule has 0 aliphatic heterocycles. The van der Waals surface area contributed by atoms with Crippen LogP contribution in [-0.2, 0) is 4.79 Å². The molecule has 0 atom stereocenters. The van der Waals surface area contributed by atoms with Crippen molar-refractivity contribution in [1.29, 1.82) is 10.7 Å². The normalized spacial score (nSPS) is 11.6. The fraction of sp³-hybridized carbons (Fsp3) is 0.227. The number of hydrogen-bond donors (Lipinski definition) is 4. The van der Waals surface area contributed by atoms with Gasteiger partial charge in [0.1, 0.15) is 17.2 Å². The van der Waals surface area contributed by atoms with Gasteiger partial charge in [0.25, 0.3) is 11.8 Å². The van der Waals surface area contributed by atoms with Crippen LogP contribution in [-0.4, -0.2) is 34.7 Å². The summed E-state index contributed by atoms with van der Waals surface area (Å²) in [6, 6.07) is 7.19. The molecule has 0 bridgehead atoms. The average molecular weight is 493 g/mol. The molecule has 2 aromatic rings. The van der Waals surface area contributed by atoms with Crippen molar-refractivity contribution in [3.05, 3.63) is 63.9 Å². The Labute approximate surface area is 198 Å². The zero-order chi connectivity index (χ0) is 25.6. The van der Waals surface area contributed by atoms with E-state index < -0.39 is 29.4 Å². The Bertz CT molecular complexity index is 1200. The topological polar surface area (TPSA) is 131 Å². The van der Waals surface area contributed by atoms with Crippen LogP contribution < -0.4 is 16.0 Å². The Morgan fingerprint density at radius 1 is 1.26 bits per heavy atom. The number of carbonyl (C=O) groups is 2. The number of anilines is 2. The maximum atomic E-state index is 13.0. The third-order valence-corrected chi connectivity index (χ3v) is 4.52. The van der Waals surface area contributed by atoms with E-state index in [0.29, 0.717) is 5.56 Å². The van der Waals surface area contributed by atoms with E-state index in [-0.39, 0.29) is 39.8 Å². The molecular weight excluding hydrogens is 473 g/mol. The van der Waals surface area contributed by atoms with Gasteiger partial charge in [-0.2, -0.15) is 18.4 Å². The smallest absolute Gasteiger partial charge is 0.350 e. The van der Waals surface area contributed by atoms with Crippen LogP contribution in [0, 0.1) is 23.7 Å². The van der Waals surface area contributed by atoms with Gasteiger partial charge in [0.05, 0.1) is 27.9 Å². The van der Waals surface area contributed by atoms with Crippen molar-refractivity contribution in [2.45, 2.75) is 33.0 Å². The number of alkyl halides is 3. The molecule has 1 aromatic heterocycles. The SMILES string of the molecule is Cc1cc(C#N)cc(C(=O)NC(C)C)c1NC(=O)/C(=C/C(=N)C(F)(F)F)Nc1ncccc1Cl. The zero-order valence-corrected chi connectivity index (χ0v) is 19.0. The number of aryl methyl sites for hydroxylation is 1. The number of rotatable bonds is 7. The van der Waals surface area contributed by atoms with Gasteiger partial charge in [-0.1, -0.05) is 11.6 Å². The molecule has 0 unspecified atom stereocenters. The summed E-state index contributed by atoms with van der Waals surface area (Å²) in [5, 5.41) is 24.0. The first-order valence-corrected chi connectivity index (χ1v) is 10.1. The highest BCUT2D eigenvalue weighted by molar-refractivity contribution is 6.33. The van der Waals surface area contributed by atoms with Gasteiger partial charge in [0.15, 0.2) is 0 Å². The number of allylic oxidation sites excluding steroid dienone is 1. The molecule has 4 N–H and O–H groups in total. The van der Waals surface area contributed by atoms with Gasteiger partial charge in [0.2, 0.25) is 0 Å². The summed E-state index contributed by atoms with van der Waals surface area (Å²) in [6.07, 6.45) is -3.43. The van der Waals surface area contributed by atoms with Gasteiger partial charge in [-0.25, -0.2) is 4.98 Å². The summed E-state index contributed by atoms with van der Waals surface area (Å²) in [5.41, 5.74) is -2.09. The van der Waals surface area contributed by atoms with Crippen molar-refractivity contribution in [2.75, 3.05) is 10.6 Å². The maximum absolute atomic E-state index is 13.0. The van der Waals surface area contributed by atoms with Crippen molar-refractivity contribution >= 4 is 40.6 Å². The van der Waals surface area contributed by atoms with Gasteiger partial charge in [-0.05, 0) is 56.7 Å². The number of nitriles is 1. The first-order chi connectivity index (χ1) is 15.8. The molecule has 2 amide bonds. The van der Waals surface area contributed by atoms with Crippen LogP contribution in [0.3, 0.4) is 0 Å². The van der Waals surface area contributed by atoms with E-state index in [9.17, 15) is 28.0 Å². The molecular formula is C22H20ClF3N6O2. The fourth-order valence-corrected chi connectivity index (χ4v) is 2.88. The molecule has 0 saturated carbocycles. The predicted octanol–water partition coefficient (Wildman–Crippen LogP) is 4.57. The Hall–Kier alpha value is -3.91. The molecule has 1 heterocycles. The molecule has 0 aliphatic carbocycles. The zero-order valence-electron chi connectivity index (χ0n) is 18.3. The first kappa shape index (κ1) is 26.3. The second-order valence-electron chi connectivity index (χ2n) is 7.34. The number of aromatic nitrogens is 1. The monoisotopic (exact) mass is 492 g/mol. The number of benzene rings is 1. The molecule has 0 fully saturated rings. The Kier molecular flexibility index (Phi) is 8.37. The summed E-state index contributed by atoms with van der Waals surface area (Å²) >= 11 is 5.99. The van der Waals surface area contributed by atoms with Crippen LogP contribution >= 0.6 is 11.6 Å². The number of carbonyl (C=O) groups excluding carboxylic acids is 2. The molecule has 8 nitrogen and oxygen atoms in total. The van der Waals surface area contributed by atoms with E-state index >= 15 is 0 Å². The molecule has 0 spiro atoms. The summed E-state index contributed by atoms with van der Waals surface area (Å²) in [4.78, 5) is 29.6. The van der Waals surface area contributed by atoms with E-state index in [2.05, 4.69) is 20.9 Å². The minimum Gasteiger partial charge on any atom is -0.350 e. The maximum Gasteiger partial charge on any atom is 0.432 e. The summed E-state index contributed by atoms with van der Waals surface area (Å²) in [6.45, 7) is 4.94. The molecule has 0 saturated heterocycles. The largest absolute Gasteiger partial charge is 0.432 e. The fourth-order valence-electron chi connectivity index (χ4n) is 2.71. The first-order valence-electron chi connectivity index (χ1n) is 9.75. The number of amides is 2. The lowest BCUT2D eigenvalue weighted by molar-refractivity contribution is -0.112. The average Bonchev–Trinajstić information content (AvgIpc) is 2.74. The van der Waals surface area contributed by atoms with Gasteiger partial charge < -0.3 is 16.0 Å². The standard InChI is InChI=1S/C22H20ClF3N6O2/c1-11(2)30-20(33)14-8-13(10-27)7-12(3)18(14)32-21(34)16(9-17(28)22(24,25)26)31-19-15(23)5-4-6-29-19/h4-9,11,28H,1-3H3,(H,29,31)(H,30,33)(H,32,34)/b16-9-,28-17?. The van der Waals surface area contributed by atoms with Crippen molar-refractivity contribution in [1.82, 2.24) is 10.3 Å². The highest BCUT2D eigenvalue weighted by atomic mass is 35.5. The number of pyridine rings is 1. The van der Waals surface area contributed by atoms with Crippen LogP contribution in [0.1, 0.15) is 35.3 Å². The highest BCUT2D eigenvalue weighted by Gasteiger charge is 2.34. The van der Waals surface area contributed by atoms with Gasteiger partial charge in [-0.3, -0.25) is 15.0 Å². The lowest BCUT2D eigenvalue weighted by Crippen LogP contribution is -2.32. The van der Waals surface area contributed by atoms with Crippen LogP contribution in [0.4, 0.5) is 24.7 Å². The van der Waals surface area contributed by atoms with E-state index in [0.717, 1.165) is 0 Å². The van der Waals surface area contributed by atoms with E-state index in [4.69, 9.17) is 17.0 Å². The third kappa shape index (κ3) is 6.79. The molecule has 178 valence electrons. The van der Waals surface area contributed by atoms with Gasteiger partial charge in [-0.15, -0.1) is 0 Å². The molecule has 0 aliphatic rings. The summed E-state index contributed by atoms with van der Waals surface area (Å²) < 4.78 is 39.0. The van der Waals surface area contributed by atoms with Crippen molar-refractivity contribution in [2.24, 2.45) is 0 Å². The number of nitrogens with one attached hydrogen (secondary N) is 4. The minimum atomic E-state index is -5.02. The van der Waals surface area contributed by atoms with Crippen LogP contribution in [0.25, 0.3) is 0 Å². The Morgan fingerprint density at radius 2 is 1.94 bits per heavy atom. The summed E-state index contributed by atoms with van der Waals surface area (Å²) in [5.74, 6) is -1.81. The molecule has 1 aromatic carbocycles. The second kappa shape index (κ2) is 10.8. The predicted molar refractivity (Wildman–Crippen MR) is 122 cm³/mol. The Morgan fingerprint density at radius 3 is 2.50 bits per heavy atom. The van der Waals surface area contributed by atoms with Gasteiger partial charge >= 0.3 is 6.18 Å².